The van der Waals surface area contributed by atoms with Crippen molar-refractivity contribution >= 4 is 28.5 Å². The molecule has 10 heteroatoms. The van der Waals surface area contributed by atoms with E-state index in [2.05, 4.69) is 40.4 Å². The van der Waals surface area contributed by atoms with Gasteiger partial charge in [0.25, 0.3) is 5.91 Å². The maximum atomic E-state index is 13.0. The summed E-state index contributed by atoms with van der Waals surface area (Å²) in [6.07, 6.45) is 10.1. The molecule has 2 amide bonds. The average molecular weight is 565 g/mol. The van der Waals surface area contributed by atoms with Crippen molar-refractivity contribution in [3.8, 4) is 11.3 Å². The largest absolute Gasteiger partial charge is 0.349 e. The molecule has 2 aliphatic heterocycles. The van der Waals surface area contributed by atoms with E-state index in [4.69, 9.17) is 0 Å². The Balaban J connectivity index is 1.02. The van der Waals surface area contributed by atoms with Gasteiger partial charge >= 0.3 is 0 Å². The van der Waals surface area contributed by atoms with E-state index in [1.807, 2.05) is 55.5 Å². The first-order valence-electron chi connectivity index (χ1n) is 14.6. The summed E-state index contributed by atoms with van der Waals surface area (Å²) in [7, 11) is 0. The van der Waals surface area contributed by atoms with Crippen molar-refractivity contribution < 1.29 is 9.59 Å². The van der Waals surface area contributed by atoms with E-state index in [0.29, 0.717) is 17.9 Å². The van der Waals surface area contributed by atoms with Crippen molar-refractivity contribution in [3.63, 3.8) is 0 Å². The normalized spacial score (nSPS) is 17.8. The first-order chi connectivity index (χ1) is 20.5. The van der Waals surface area contributed by atoms with E-state index < -0.39 is 0 Å². The number of H-pyrrole nitrogens is 1. The number of nitrogens with one attached hydrogen (secondary N) is 3. The smallest absolute Gasteiger partial charge is 0.274 e. The Labute approximate surface area is 245 Å². The SMILES string of the molecule is Cc1ncnc2[nH]c(-c3ccc(NC(=O)c4cc(CN5CCCC(NC(=O)/C=C/CN6CCC6)C5)ccn4)cc3)cc12. The van der Waals surface area contributed by atoms with Crippen LogP contribution in [0.5, 0.6) is 0 Å². The quantitative estimate of drug-likeness (QED) is 0.264. The summed E-state index contributed by atoms with van der Waals surface area (Å²) in [6, 6.07) is 13.6. The average Bonchev–Trinajstić information content (AvgIpc) is 3.41. The summed E-state index contributed by atoms with van der Waals surface area (Å²) in [4.78, 5) is 46.2. The number of benzene rings is 1. The van der Waals surface area contributed by atoms with Gasteiger partial charge in [-0.25, -0.2) is 9.97 Å². The highest BCUT2D eigenvalue weighted by atomic mass is 16.2. The molecule has 0 bridgehead atoms. The number of carbonyl (C=O) groups excluding carboxylic acids is 2. The van der Waals surface area contributed by atoms with Gasteiger partial charge in [0.05, 0.1) is 5.69 Å². The molecule has 2 fully saturated rings. The van der Waals surface area contributed by atoms with E-state index in [-0.39, 0.29) is 17.9 Å². The minimum Gasteiger partial charge on any atom is -0.349 e. The topological polar surface area (TPSA) is 119 Å². The Hall–Kier alpha value is -4.41. The molecular formula is C32H36N8O2. The van der Waals surface area contributed by atoms with E-state index in [0.717, 1.165) is 79.1 Å². The Bertz CT molecular complexity index is 1590. The summed E-state index contributed by atoms with van der Waals surface area (Å²) < 4.78 is 0. The molecule has 5 heterocycles. The number of carbonyl (C=O) groups is 2. The van der Waals surface area contributed by atoms with Gasteiger partial charge in [-0.3, -0.25) is 24.4 Å². The molecular weight excluding hydrogens is 528 g/mol. The highest BCUT2D eigenvalue weighted by Gasteiger charge is 2.21. The van der Waals surface area contributed by atoms with Crippen LogP contribution in [0.15, 0.2) is 67.1 Å². The molecule has 2 aliphatic rings. The summed E-state index contributed by atoms with van der Waals surface area (Å²) in [5.74, 6) is -0.279. The molecule has 1 aromatic carbocycles. The van der Waals surface area contributed by atoms with Gasteiger partial charge in [-0.2, -0.15) is 0 Å². The molecule has 1 atom stereocenters. The fourth-order valence-electron chi connectivity index (χ4n) is 5.54. The van der Waals surface area contributed by atoms with E-state index in [1.165, 1.54) is 6.42 Å². The molecule has 42 heavy (non-hydrogen) atoms. The first kappa shape index (κ1) is 27.7. The number of aromatic amines is 1. The van der Waals surface area contributed by atoms with Crippen LogP contribution in [0.3, 0.4) is 0 Å². The number of likely N-dealkylation sites (tertiary alicyclic amines) is 2. The molecule has 1 unspecified atom stereocenters. The van der Waals surface area contributed by atoms with Crippen LogP contribution in [0.25, 0.3) is 22.3 Å². The zero-order chi connectivity index (χ0) is 28.9. The third-order valence-corrected chi connectivity index (χ3v) is 7.98. The molecule has 0 spiro atoms. The molecule has 6 rings (SSSR count). The van der Waals surface area contributed by atoms with Gasteiger partial charge in [-0.1, -0.05) is 18.2 Å². The number of pyridine rings is 1. The highest BCUT2D eigenvalue weighted by Crippen LogP contribution is 2.25. The second kappa shape index (κ2) is 12.6. The van der Waals surface area contributed by atoms with Crippen molar-refractivity contribution in [2.75, 3.05) is 38.0 Å². The molecule has 3 N–H and O–H groups in total. The van der Waals surface area contributed by atoms with E-state index >= 15 is 0 Å². The molecule has 4 aromatic rings. The molecule has 0 radical (unpaired) electrons. The maximum absolute atomic E-state index is 13.0. The van der Waals surface area contributed by atoms with E-state index in [1.54, 1.807) is 18.6 Å². The molecule has 216 valence electrons. The van der Waals surface area contributed by atoms with Crippen molar-refractivity contribution in [1.29, 1.82) is 0 Å². The molecule has 0 aliphatic carbocycles. The number of rotatable bonds is 9. The molecule has 3 aromatic heterocycles. The van der Waals surface area contributed by atoms with Gasteiger partial charge in [0, 0.05) is 54.7 Å². The van der Waals surface area contributed by atoms with Crippen LogP contribution in [0.4, 0.5) is 5.69 Å². The van der Waals surface area contributed by atoms with E-state index in [9.17, 15) is 9.59 Å². The minimum absolute atomic E-state index is 0.0241. The third kappa shape index (κ3) is 6.72. The summed E-state index contributed by atoms with van der Waals surface area (Å²) >= 11 is 0. The third-order valence-electron chi connectivity index (χ3n) is 7.98. The molecule has 0 saturated carbocycles. The predicted octanol–water partition coefficient (Wildman–Crippen LogP) is 3.92. The number of hydrogen-bond donors (Lipinski definition) is 3. The number of fused-ring (bicyclic) bond motifs is 1. The van der Waals surface area contributed by atoms with Crippen molar-refractivity contribution in [2.24, 2.45) is 0 Å². The van der Waals surface area contributed by atoms with Gasteiger partial charge < -0.3 is 15.6 Å². The fraction of sp³-hybridized carbons (Fsp3) is 0.344. The Morgan fingerprint density at radius 2 is 1.86 bits per heavy atom. The Morgan fingerprint density at radius 1 is 1.02 bits per heavy atom. The van der Waals surface area contributed by atoms with Gasteiger partial charge in [0.15, 0.2) is 0 Å². The van der Waals surface area contributed by atoms with Gasteiger partial charge in [-0.15, -0.1) is 0 Å². The number of nitrogens with zero attached hydrogens (tertiary/aromatic N) is 5. The number of piperidine rings is 1. The second-order valence-corrected chi connectivity index (χ2v) is 11.1. The minimum atomic E-state index is -0.255. The number of hydrogen-bond acceptors (Lipinski definition) is 7. The molecule has 2 saturated heterocycles. The zero-order valence-electron chi connectivity index (χ0n) is 23.8. The van der Waals surface area contributed by atoms with Crippen LogP contribution in [0.2, 0.25) is 0 Å². The van der Waals surface area contributed by atoms with Crippen LogP contribution < -0.4 is 10.6 Å². The Morgan fingerprint density at radius 3 is 2.64 bits per heavy atom. The first-order valence-corrected chi connectivity index (χ1v) is 14.6. The zero-order valence-corrected chi connectivity index (χ0v) is 23.8. The van der Waals surface area contributed by atoms with Gasteiger partial charge in [-0.05, 0) is 87.3 Å². The van der Waals surface area contributed by atoms with Crippen molar-refractivity contribution in [2.45, 2.75) is 38.8 Å². The summed E-state index contributed by atoms with van der Waals surface area (Å²) in [5, 5.41) is 7.10. The van der Waals surface area contributed by atoms with Gasteiger partial charge in [0.2, 0.25) is 5.91 Å². The van der Waals surface area contributed by atoms with Crippen LogP contribution in [0, 0.1) is 6.92 Å². The summed E-state index contributed by atoms with van der Waals surface area (Å²) in [6.45, 7) is 7.48. The van der Waals surface area contributed by atoms with Crippen molar-refractivity contribution in [3.05, 3.63) is 84.1 Å². The number of aryl methyl sites for hydroxylation is 1. The predicted molar refractivity (Wildman–Crippen MR) is 163 cm³/mol. The van der Waals surface area contributed by atoms with Crippen LogP contribution in [-0.4, -0.2) is 80.3 Å². The Kier molecular flexibility index (Phi) is 8.34. The van der Waals surface area contributed by atoms with Crippen LogP contribution in [0.1, 0.15) is 41.0 Å². The standard InChI is InChI=1S/C32H36N8O2/c1-22-27-18-28(38-31(27)35-21-34-22)24-7-9-25(10-8-24)37-32(42)29-17-23(11-12-33-29)19-40-14-2-5-26(20-40)36-30(41)6-3-13-39-15-4-16-39/h3,6-12,17-18,21,26H,2,4-5,13-16,19-20H2,1H3,(H,36,41)(H,37,42)(H,34,35,38)/b6-3+. The number of anilines is 1. The second-order valence-electron chi connectivity index (χ2n) is 11.1. The lowest BCUT2D eigenvalue weighted by atomic mass is 10.0. The monoisotopic (exact) mass is 564 g/mol. The lowest BCUT2D eigenvalue weighted by Gasteiger charge is -2.33. The lowest BCUT2D eigenvalue weighted by molar-refractivity contribution is -0.117. The number of amides is 2. The van der Waals surface area contributed by atoms with Gasteiger partial charge in [0.1, 0.15) is 17.7 Å². The number of aromatic nitrogens is 4. The molecule has 10 nitrogen and oxygen atoms in total. The lowest BCUT2D eigenvalue weighted by Crippen LogP contribution is -2.47. The summed E-state index contributed by atoms with van der Waals surface area (Å²) in [5.41, 5.74) is 5.74. The maximum Gasteiger partial charge on any atom is 0.274 e. The highest BCUT2D eigenvalue weighted by molar-refractivity contribution is 6.03. The van der Waals surface area contributed by atoms with Crippen LogP contribution in [-0.2, 0) is 11.3 Å². The van der Waals surface area contributed by atoms with Crippen molar-refractivity contribution in [1.82, 2.24) is 35.1 Å². The fourth-order valence-corrected chi connectivity index (χ4v) is 5.54. The van der Waals surface area contributed by atoms with Crippen LogP contribution >= 0.6 is 0 Å².